The van der Waals surface area contributed by atoms with Gasteiger partial charge in [-0.3, -0.25) is 10.1 Å². The van der Waals surface area contributed by atoms with Gasteiger partial charge in [0.25, 0.3) is 5.91 Å². The lowest BCUT2D eigenvalue weighted by molar-refractivity contribution is 0.0977. The van der Waals surface area contributed by atoms with Crippen molar-refractivity contribution in [2.24, 2.45) is 5.92 Å². The molecule has 5 nitrogen and oxygen atoms in total. The van der Waals surface area contributed by atoms with Gasteiger partial charge >= 0.3 is 0 Å². The molecular formula is C24H32N2O3S. The Morgan fingerprint density at radius 1 is 1.00 bits per heavy atom. The molecule has 2 rings (SSSR count). The average molecular weight is 429 g/mol. The summed E-state index contributed by atoms with van der Waals surface area (Å²) >= 11 is 5.30. The van der Waals surface area contributed by atoms with Crippen molar-refractivity contribution in [1.29, 1.82) is 0 Å². The van der Waals surface area contributed by atoms with Crippen molar-refractivity contribution in [3.63, 3.8) is 0 Å². The Morgan fingerprint density at radius 2 is 1.73 bits per heavy atom. The first-order chi connectivity index (χ1) is 14.5. The van der Waals surface area contributed by atoms with Crippen LogP contribution in [0.15, 0.2) is 48.5 Å². The molecule has 0 aliphatic carbocycles. The van der Waals surface area contributed by atoms with Gasteiger partial charge in [0.15, 0.2) is 5.11 Å². The van der Waals surface area contributed by atoms with Crippen LogP contribution in [0.4, 0.5) is 5.69 Å². The number of rotatable bonds is 11. The smallest absolute Gasteiger partial charge is 0.257 e. The maximum Gasteiger partial charge on any atom is 0.257 e. The summed E-state index contributed by atoms with van der Waals surface area (Å²) in [5.41, 5.74) is 1.23. The molecule has 0 heterocycles. The third kappa shape index (κ3) is 8.41. The van der Waals surface area contributed by atoms with Gasteiger partial charge in [-0.2, -0.15) is 0 Å². The highest BCUT2D eigenvalue weighted by Crippen LogP contribution is 2.24. The van der Waals surface area contributed by atoms with E-state index in [-0.39, 0.29) is 11.0 Å². The van der Waals surface area contributed by atoms with E-state index < -0.39 is 0 Å². The van der Waals surface area contributed by atoms with E-state index in [4.69, 9.17) is 21.7 Å². The number of thiocarbonyl (C=S) groups is 1. The fourth-order valence-electron chi connectivity index (χ4n) is 2.70. The van der Waals surface area contributed by atoms with E-state index in [0.717, 1.165) is 17.9 Å². The molecule has 0 saturated heterocycles. The Morgan fingerprint density at radius 3 is 2.43 bits per heavy atom. The number of para-hydroxylation sites is 2. The van der Waals surface area contributed by atoms with Crippen LogP contribution in [0.1, 0.15) is 56.8 Å². The number of carbonyl (C=O) groups is 1. The maximum atomic E-state index is 12.5. The largest absolute Gasteiger partial charge is 0.494 e. The monoisotopic (exact) mass is 428 g/mol. The number of unbranched alkanes of at least 4 members (excludes halogenated alkanes) is 3. The Bertz CT molecular complexity index is 806. The van der Waals surface area contributed by atoms with Gasteiger partial charge in [0.2, 0.25) is 0 Å². The third-order valence-electron chi connectivity index (χ3n) is 4.32. The highest BCUT2D eigenvalue weighted by atomic mass is 32.1. The summed E-state index contributed by atoms with van der Waals surface area (Å²) < 4.78 is 11.5. The summed E-state index contributed by atoms with van der Waals surface area (Å²) in [5, 5.41) is 5.97. The zero-order valence-electron chi connectivity index (χ0n) is 18.1. The molecule has 6 heteroatoms. The van der Waals surface area contributed by atoms with Crippen LogP contribution in [0, 0.1) is 5.92 Å². The number of nitrogens with one attached hydrogen (secondary N) is 2. The normalized spacial score (nSPS) is 10.5. The number of ether oxygens (including phenoxy) is 2. The molecule has 0 aromatic heterocycles. The second-order valence-electron chi connectivity index (χ2n) is 7.54. The van der Waals surface area contributed by atoms with Gasteiger partial charge in [0, 0.05) is 5.56 Å². The Labute approximate surface area is 185 Å². The summed E-state index contributed by atoms with van der Waals surface area (Å²) in [6.07, 6.45) is 4.65. The van der Waals surface area contributed by atoms with Crippen molar-refractivity contribution < 1.29 is 14.3 Å². The molecule has 0 aliphatic rings. The maximum absolute atomic E-state index is 12.5. The number of amides is 1. The first-order valence-corrected chi connectivity index (χ1v) is 11.0. The lowest BCUT2D eigenvalue weighted by atomic mass is 10.2. The quantitative estimate of drug-likeness (QED) is 0.349. The highest BCUT2D eigenvalue weighted by molar-refractivity contribution is 7.80. The number of anilines is 1. The molecule has 2 aromatic rings. The molecule has 0 bridgehead atoms. The van der Waals surface area contributed by atoms with Gasteiger partial charge in [-0.05, 0) is 61.0 Å². The number of hydrogen-bond donors (Lipinski definition) is 2. The minimum absolute atomic E-state index is 0.219. The van der Waals surface area contributed by atoms with Gasteiger partial charge in [0.05, 0.1) is 18.9 Å². The summed E-state index contributed by atoms with van der Waals surface area (Å²) in [6.45, 7) is 7.65. The van der Waals surface area contributed by atoms with Gasteiger partial charge in [-0.25, -0.2) is 0 Å². The van der Waals surface area contributed by atoms with E-state index in [1.54, 1.807) is 24.3 Å². The summed E-state index contributed by atoms with van der Waals surface area (Å²) in [4.78, 5) is 12.5. The molecule has 0 radical (unpaired) electrons. The van der Waals surface area contributed by atoms with Crippen LogP contribution in [-0.2, 0) is 0 Å². The van der Waals surface area contributed by atoms with Crippen LogP contribution in [0.5, 0.6) is 11.5 Å². The first kappa shape index (κ1) is 23.7. The Balaban J connectivity index is 1.85. The number of hydrogen-bond acceptors (Lipinski definition) is 4. The van der Waals surface area contributed by atoms with Crippen molar-refractivity contribution in [1.82, 2.24) is 5.32 Å². The van der Waals surface area contributed by atoms with Gasteiger partial charge in [0.1, 0.15) is 11.5 Å². The van der Waals surface area contributed by atoms with E-state index in [1.165, 1.54) is 19.3 Å². The van der Waals surface area contributed by atoms with Crippen LogP contribution in [0.25, 0.3) is 0 Å². The fourth-order valence-corrected chi connectivity index (χ4v) is 2.91. The Kier molecular flexibility index (Phi) is 10.1. The second-order valence-corrected chi connectivity index (χ2v) is 7.95. The van der Waals surface area contributed by atoms with Gasteiger partial charge < -0.3 is 14.8 Å². The lowest BCUT2D eigenvalue weighted by Crippen LogP contribution is -2.34. The van der Waals surface area contributed by atoms with Crippen LogP contribution < -0.4 is 20.1 Å². The first-order valence-electron chi connectivity index (χ1n) is 10.6. The molecule has 0 aliphatic heterocycles. The molecule has 0 fully saturated rings. The molecule has 2 aromatic carbocycles. The lowest BCUT2D eigenvalue weighted by Gasteiger charge is -2.15. The van der Waals surface area contributed by atoms with E-state index in [0.29, 0.717) is 30.4 Å². The molecule has 0 spiro atoms. The number of benzene rings is 2. The highest BCUT2D eigenvalue weighted by Gasteiger charge is 2.11. The van der Waals surface area contributed by atoms with Crippen molar-refractivity contribution in [2.45, 2.75) is 46.5 Å². The molecule has 1 amide bonds. The van der Waals surface area contributed by atoms with Crippen LogP contribution in [0.2, 0.25) is 0 Å². The average Bonchev–Trinajstić information content (AvgIpc) is 2.73. The molecule has 0 atom stereocenters. The van der Waals surface area contributed by atoms with E-state index in [9.17, 15) is 4.79 Å². The second kappa shape index (κ2) is 12.9. The molecule has 0 saturated carbocycles. The van der Waals surface area contributed by atoms with E-state index in [1.807, 2.05) is 24.3 Å². The fraction of sp³-hybridized carbons (Fsp3) is 0.417. The standard InChI is InChI=1S/C24H32N2O3S/c1-4-5-6-9-16-28-20-14-12-19(13-15-20)23(27)26-24(30)25-21-10-7-8-11-22(21)29-17-18(2)3/h7-8,10-15,18H,4-6,9,16-17H2,1-3H3,(H2,25,26,27,30). The van der Waals surface area contributed by atoms with Crippen LogP contribution in [-0.4, -0.2) is 24.2 Å². The van der Waals surface area contributed by atoms with Crippen molar-refractivity contribution in [3.05, 3.63) is 54.1 Å². The molecule has 30 heavy (non-hydrogen) atoms. The van der Waals surface area contributed by atoms with Crippen molar-refractivity contribution in [3.8, 4) is 11.5 Å². The third-order valence-corrected chi connectivity index (χ3v) is 4.52. The zero-order chi connectivity index (χ0) is 21.8. The number of carbonyl (C=O) groups excluding carboxylic acids is 1. The van der Waals surface area contributed by atoms with Gasteiger partial charge in [-0.15, -0.1) is 0 Å². The predicted molar refractivity (Wildman–Crippen MR) is 127 cm³/mol. The van der Waals surface area contributed by atoms with E-state index >= 15 is 0 Å². The van der Waals surface area contributed by atoms with Crippen LogP contribution in [0.3, 0.4) is 0 Å². The van der Waals surface area contributed by atoms with Gasteiger partial charge in [-0.1, -0.05) is 52.2 Å². The van der Waals surface area contributed by atoms with Crippen molar-refractivity contribution >= 4 is 28.9 Å². The summed E-state index contributed by atoms with van der Waals surface area (Å²) in [5.74, 6) is 1.60. The zero-order valence-corrected chi connectivity index (χ0v) is 18.9. The minimum Gasteiger partial charge on any atom is -0.494 e. The topological polar surface area (TPSA) is 59.6 Å². The minimum atomic E-state index is -0.275. The molecule has 2 N–H and O–H groups in total. The summed E-state index contributed by atoms with van der Waals surface area (Å²) in [6, 6.07) is 14.6. The SMILES string of the molecule is CCCCCCOc1ccc(C(=O)NC(=S)Nc2ccccc2OCC(C)C)cc1. The van der Waals surface area contributed by atoms with Crippen molar-refractivity contribution in [2.75, 3.05) is 18.5 Å². The van der Waals surface area contributed by atoms with Crippen LogP contribution >= 0.6 is 12.2 Å². The Hall–Kier alpha value is -2.60. The molecule has 162 valence electrons. The summed E-state index contributed by atoms with van der Waals surface area (Å²) in [7, 11) is 0. The molecule has 0 unspecified atom stereocenters. The predicted octanol–water partition coefficient (Wildman–Crippen LogP) is 5.81. The molecular weight excluding hydrogens is 396 g/mol. The van der Waals surface area contributed by atoms with E-state index in [2.05, 4.69) is 31.4 Å².